The lowest BCUT2D eigenvalue weighted by Crippen LogP contribution is -2.47. The Balaban J connectivity index is 0.000000127. The van der Waals surface area contributed by atoms with Gasteiger partial charge in [-0.2, -0.15) is 56.9 Å². The van der Waals surface area contributed by atoms with E-state index in [1.54, 1.807) is 99.2 Å². The number of Topliss-reactive ketones (excluding diaryl/α,β-unsaturated/α-hetero) is 1. The van der Waals surface area contributed by atoms with Gasteiger partial charge in [0.25, 0.3) is 10.1 Å². The molecule has 19 aromatic rings. The Labute approximate surface area is 780 Å². The van der Waals surface area contributed by atoms with E-state index in [4.69, 9.17) is 63.5 Å². The number of aliphatic hydroxyl groups is 3. The van der Waals surface area contributed by atoms with Gasteiger partial charge in [0.1, 0.15) is 39.9 Å². The van der Waals surface area contributed by atoms with Gasteiger partial charge >= 0.3 is 28.4 Å². The molecule has 1 fully saturated rings. The summed E-state index contributed by atoms with van der Waals surface area (Å²) in [5.41, 5.74) is 37.8. The number of rotatable bonds is 27. The number of benzene rings is 2. The number of aryl methyl sites for hydroxylation is 6. The van der Waals surface area contributed by atoms with Crippen molar-refractivity contribution in [1.82, 2.24) is 149 Å². The number of nitrogen functional groups attached to an aromatic ring is 6. The number of thiazole rings is 4. The number of methoxy groups -OCH3 is 1. The lowest BCUT2D eigenvalue weighted by atomic mass is 10.2. The Morgan fingerprint density at radius 1 is 0.449 bits per heavy atom. The Hall–Kier alpha value is -15.3. The Bertz CT molecular complexity index is 8040. The predicted octanol–water partition coefficient (Wildman–Crippen LogP) is -0.550. The van der Waals surface area contributed by atoms with Gasteiger partial charge in [-0.05, 0) is 43.3 Å². The number of imidazole rings is 5. The van der Waals surface area contributed by atoms with E-state index in [0.717, 1.165) is 44.0 Å². The Morgan fingerprint density at radius 3 is 1.25 bits per heavy atom. The molecule has 0 atom stereocenters. The molecule has 1 aliphatic rings. The number of fused-ring (bicyclic) bond motifs is 11. The summed E-state index contributed by atoms with van der Waals surface area (Å²) in [6, 6.07) is 14.5. The molecule has 59 heteroatoms. The van der Waals surface area contributed by atoms with Crippen molar-refractivity contribution in [2.75, 3.05) is 130 Å². The maximum Gasteiger partial charge on any atom is 0.330 e. The number of aromatic nitrogens is 30. The number of ketones is 1. The maximum atomic E-state index is 13.2. The van der Waals surface area contributed by atoms with Gasteiger partial charge in [-0.1, -0.05) is 17.7 Å². The zero-order valence-electron chi connectivity index (χ0n) is 73.4. The highest BCUT2D eigenvalue weighted by molar-refractivity contribution is 7.86. The molecule has 0 unspecified atom stereocenters. The second-order valence-electron chi connectivity index (χ2n) is 29.8. The van der Waals surface area contributed by atoms with E-state index >= 15 is 0 Å². The monoisotopic (exact) mass is 1960 g/mol. The SMILES string of the molecule is COCCOc1ccc(N2CCN(CCn3c(=O)n(C)c4c3nc(N)n3nc(-c5nccs5)nc43)CC2)cc1.Cc1ccc(S(=O)(=O)OCCn2c(=O)n(C)c3c2nc(N)n2nc(-c4nccs4)nc32)cc1.Cn1c(=O)n(CCO)c2nc(N)n3nc(-c4nccs4)nc3c21.Cn1c(=O)n(CCO)c2nc(N)nc(NCC(=O)c3nccs3)c21.Cn1c(=O)n(CCO)c2nc(N)nc(NN)c21. The standard InChI is InChI=1S/C25H30N10O3S.C19H18N8O4S2.C13H15N7O3S.C12H12N8O2S.C8H13N7O2/c1-31-19-21(29-24(26)35-22(19)28-20(30-35)23-27-7-16-39-23)34(25(31)36)13-10-32-8-11-33(12-9-32)17-3-5-18(6-4-17)38-15-14-37-2;1-11-3-5-12(6-4-11)33(29,30)31-9-8-26-15-13(25(2)19(26)28)16-22-14(17-21-7-10-32-17)24-27(16)18(20)23-15;1-19-8-9(16-6-7(22)11-15-2-5-24-11)17-12(14)18-10(8)20(3-4-21)13(19)23;1-18-6-8(19(3-4-21)12(18)22)16-11(13)20-9(6)15-7(17-20)10-14-2-5-23-10;1-14-4-5(13-10)11-7(9)12-6(4)15(2-3-16)8(14)17/h3-7,16H,8-15H2,1-2H3,(H2,26,29);3-7,10H,8-9H2,1-2H3,(H2,20,23);2,5,21H,3-4,6H2,1H3,(H3,14,16,17,18);2,5,21H,3-4H2,1H3,(H2,13,16);16H,2-3,10H2,1H3,(H3,9,11,12,13). The minimum atomic E-state index is -3.97. The third-order valence-corrected chi connectivity index (χ3v) is 25.9. The van der Waals surface area contributed by atoms with E-state index in [1.165, 1.54) is 113 Å². The van der Waals surface area contributed by atoms with Gasteiger partial charge in [-0.15, -0.1) is 60.6 Å². The molecule has 0 aliphatic carbocycles. The van der Waals surface area contributed by atoms with Crippen LogP contribution in [0, 0.1) is 6.92 Å². The lowest BCUT2D eigenvalue weighted by Gasteiger charge is -2.36. The average molecular weight is 1960 g/mol. The zero-order chi connectivity index (χ0) is 96.2. The minimum absolute atomic E-state index is 0.00254. The van der Waals surface area contributed by atoms with Crippen molar-refractivity contribution in [1.29, 1.82) is 0 Å². The number of hydrogen-bond acceptors (Lipinski definition) is 45. The highest BCUT2D eigenvalue weighted by Gasteiger charge is 2.29. The summed E-state index contributed by atoms with van der Waals surface area (Å²) in [5.74, 6) is 8.02. The van der Waals surface area contributed by atoms with Crippen molar-refractivity contribution in [3.8, 4) is 38.2 Å². The second kappa shape index (κ2) is 39.8. The third kappa shape index (κ3) is 18.5. The molecule has 17 aromatic heterocycles. The van der Waals surface area contributed by atoms with Crippen LogP contribution in [-0.2, 0) is 87.0 Å². The summed E-state index contributed by atoms with van der Waals surface area (Å²) >= 11 is 5.46. The van der Waals surface area contributed by atoms with Crippen LogP contribution in [0.4, 0.5) is 47.1 Å². The molecular formula is C77H88N40O14S5. The average Bonchev–Trinajstić information content (AvgIpc) is 1.55. The van der Waals surface area contributed by atoms with Crippen LogP contribution in [0.2, 0.25) is 0 Å². The fourth-order valence-electron chi connectivity index (χ4n) is 14.9. The Morgan fingerprint density at radius 2 is 0.846 bits per heavy atom. The highest BCUT2D eigenvalue weighted by Crippen LogP contribution is 2.31. The molecule has 1 saturated heterocycles. The summed E-state index contributed by atoms with van der Waals surface area (Å²) in [6.45, 7) is 7.20. The molecule has 710 valence electrons. The van der Waals surface area contributed by atoms with Crippen LogP contribution in [0.5, 0.6) is 5.75 Å². The number of piperazine rings is 1. The van der Waals surface area contributed by atoms with Gasteiger partial charge in [0, 0.05) is 134 Å². The molecule has 2 aromatic carbocycles. The molecule has 0 saturated carbocycles. The molecule has 1 aliphatic heterocycles. The molecule has 0 bridgehead atoms. The fourth-order valence-corrected chi connectivity index (χ4v) is 18.1. The van der Waals surface area contributed by atoms with Gasteiger partial charge in [-0.3, -0.25) is 59.5 Å². The number of anilines is 8. The predicted molar refractivity (Wildman–Crippen MR) is 506 cm³/mol. The number of hydrogen-bond donors (Lipinski definition) is 11. The number of nitrogens with one attached hydrogen (secondary N) is 2. The van der Waals surface area contributed by atoms with E-state index in [1.807, 2.05) is 29.8 Å². The number of carbonyl (C=O) groups excluding carboxylic acids is 1. The topological polar surface area (TPSA) is 693 Å². The maximum absolute atomic E-state index is 13.2. The molecule has 136 heavy (non-hydrogen) atoms. The minimum Gasteiger partial charge on any atom is -0.491 e. The number of carbonyl (C=O) groups is 1. The molecule has 0 amide bonds. The normalized spacial score (nSPS) is 12.4. The van der Waals surface area contributed by atoms with Crippen molar-refractivity contribution in [2.24, 2.45) is 41.1 Å². The number of hydrazine groups is 1. The molecule has 17 N–H and O–H groups in total. The molecule has 0 radical (unpaired) electrons. The fraction of sp³-hybridized carbons (Fsp3) is 0.312. The first-order chi connectivity index (χ1) is 65.5. The largest absolute Gasteiger partial charge is 0.491 e. The number of nitrogens with two attached hydrogens (primary N) is 6. The van der Waals surface area contributed by atoms with Crippen molar-refractivity contribution in [3.63, 3.8) is 0 Å². The van der Waals surface area contributed by atoms with E-state index in [-0.39, 0.29) is 140 Å². The van der Waals surface area contributed by atoms with Gasteiger partial charge in [0.05, 0.1) is 70.7 Å². The number of nitrogens with zero attached hydrogens (tertiary/aromatic N) is 32. The first kappa shape index (κ1) is 93.9. The molecule has 0 spiro atoms. The van der Waals surface area contributed by atoms with Gasteiger partial charge in [-0.25, -0.2) is 64.7 Å². The summed E-state index contributed by atoms with van der Waals surface area (Å²) in [5, 5.41) is 52.8. The van der Waals surface area contributed by atoms with Crippen LogP contribution in [0.15, 0.2) is 124 Å². The first-order valence-corrected chi connectivity index (χ1v) is 46.1. The highest BCUT2D eigenvalue weighted by atomic mass is 32.2. The van der Waals surface area contributed by atoms with Crippen LogP contribution in [0.1, 0.15) is 15.4 Å². The van der Waals surface area contributed by atoms with E-state index in [9.17, 15) is 37.2 Å². The molecular weight excluding hydrogens is 1870 g/mol. The quantitative estimate of drug-likeness (QED) is 0.0101. The van der Waals surface area contributed by atoms with Crippen LogP contribution in [-0.4, -0.2) is 265 Å². The van der Waals surface area contributed by atoms with Crippen LogP contribution in [0.25, 0.3) is 105 Å². The van der Waals surface area contributed by atoms with Gasteiger partial charge in [0.2, 0.25) is 53.0 Å². The summed E-state index contributed by atoms with van der Waals surface area (Å²) in [6.07, 6.45) is 6.55. The third-order valence-electron chi connectivity index (χ3n) is 21.4. The van der Waals surface area contributed by atoms with Crippen molar-refractivity contribution >= 4 is 181 Å². The van der Waals surface area contributed by atoms with Gasteiger partial charge in [0.15, 0.2) is 76.8 Å². The van der Waals surface area contributed by atoms with Gasteiger partial charge < -0.3 is 69.1 Å². The summed E-state index contributed by atoms with van der Waals surface area (Å²) in [4.78, 5) is 139. The first-order valence-electron chi connectivity index (χ1n) is 41.1. The lowest BCUT2D eigenvalue weighted by molar-refractivity contribution is 0.101. The van der Waals surface area contributed by atoms with Crippen LogP contribution < -0.4 is 83.3 Å². The van der Waals surface area contributed by atoms with Crippen molar-refractivity contribution in [2.45, 2.75) is 44.5 Å². The van der Waals surface area contributed by atoms with E-state index in [0.29, 0.717) is 124 Å². The number of aliphatic hydroxyl groups excluding tert-OH is 3. The smallest absolute Gasteiger partial charge is 0.330 e. The van der Waals surface area contributed by atoms with Crippen LogP contribution >= 0.6 is 45.3 Å². The molecule has 18 heterocycles. The Kier molecular flexibility index (Phi) is 27.5. The van der Waals surface area contributed by atoms with E-state index < -0.39 is 15.8 Å². The summed E-state index contributed by atoms with van der Waals surface area (Å²) < 4.78 is 59.0. The number of ether oxygens (including phenoxy) is 2. The zero-order valence-corrected chi connectivity index (χ0v) is 77.5. The van der Waals surface area contributed by atoms with Crippen molar-refractivity contribution in [3.05, 3.63) is 158 Å². The van der Waals surface area contributed by atoms with E-state index in [2.05, 4.69) is 118 Å². The van der Waals surface area contributed by atoms with Crippen molar-refractivity contribution < 1.29 is 42.2 Å². The summed E-state index contributed by atoms with van der Waals surface area (Å²) in [7, 11) is 5.74. The molecule has 20 rings (SSSR count). The molecule has 54 nitrogen and oxygen atoms in total. The second-order valence-corrected chi connectivity index (χ2v) is 35.0. The van der Waals surface area contributed by atoms with Crippen LogP contribution in [0.3, 0.4) is 0 Å².